The zero-order chi connectivity index (χ0) is 14.5. The first-order valence-electron chi connectivity index (χ1n) is 5.59. The molecule has 0 fully saturated rings. The number of carboxylic acids is 1. The van der Waals surface area contributed by atoms with Crippen LogP contribution in [0, 0.1) is 0 Å². The highest BCUT2D eigenvalue weighted by Gasteiger charge is 2.07. The van der Waals surface area contributed by atoms with Crippen molar-refractivity contribution >= 4 is 40.5 Å². The molecule has 1 N–H and O–H groups in total. The van der Waals surface area contributed by atoms with Crippen LogP contribution in [0.3, 0.4) is 0 Å². The van der Waals surface area contributed by atoms with Crippen molar-refractivity contribution in [2.24, 2.45) is 0 Å². The maximum atomic E-state index is 10.7. The van der Waals surface area contributed by atoms with Crippen LogP contribution in [0.25, 0.3) is 0 Å². The first kappa shape index (κ1) is 15.0. The standard InChI is InChI=1S/C13H10Cl2O4S/c14-8-1-2-11(10(15)5-8)19-4-3-18-9-6-12(13(16)17)20-7-9/h1-2,5-7H,3-4H2,(H,16,17). The highest BCUT2D eigenvalue weighted by Crippen LogP contribution is 2.27. The van der Waals surface area contributed by atoms with E-state index in [0.29, 0.717) is 28.2 Å². The first-order chi connectivity index (χ1) is 9.56. The molecule has 1 aromatic heterocycles. The number of rotatable bonds is 6. The van der Waals surface area contributed by atoms with Crippen molar-refractivity contribution < 1.29 is 19.4 Å². The predicted octanol–water partition coefficient (Wildman–Crippen LogP) is 4.21. The van der Waals surface area contributed by atoms with E-state index in [2.05, 4.69) is 0 Å². The van der Waals surface area contributed by atoms with Gasteiger partial charge in [0.2, 0.25) is 0 Å². The molecule has 4 nitrogen and oxygen atoms in total. The smallest absolute Gasteiger partial charge is 0.346 e. The molecule has 2 rings (SSSR count). The lowest BCUT2D eigenvalue weighted by Gasteiger charge is -2.08. The van der Waals surface area contributed by atoms with E-state index >= 15 is 0 Å². The number of halogens is 2. The molecule has 1 aromatic carbocycles. The Balaban J connectivity index is 1.79. The summed E-state index contributed by atoms with van der Waals surface area (Å²) in [5.74, 6) is 0.0726. The average Bonchev–Trinajstić information content (AvgIpc) is 2.85. The van der Waals surface area contributed by atoms with Gasteiger partial charge >= 0.3 is 5.97 Å². The second-order valence-electron chi connectivity index (χ2n) is 3.72. The van der Waals surface area contributed by atoms with Gasteiger partial charge in [0.15, 0.2) is 0 Å². The molecule has 7 heteroatoms. The van der Waals surface area contributed by atoms with Crippen LogP contribution in [0.4, 0.5) is 0 Å². The van der Waals surface area contributed by atoms with Gasteiger partial charge in [-0.2, -0.15) is 0 Å². The molecule has 20 heavy (non-hydrogen) atoms. The van der Waals surface area contributed by atoms with E-state index in [4.69, 9.17) is 37.8 Å². The number of thiophene rings is 1. The van der Waals surface area contributed by atoms with Gasteiger partial charge < -0.3 is 14.6 Å². The molecule has 0 saturated heterocycles. The Morgan fingerprint density at radius 1 is 1.20 bits per heavy atom. The molecule has 0 amide bonds. The highest BCUT2D eigenvalue weighted by atomic mass is 35.5. The fourth-order valence-electron chi connectivity index (χ4n) is 1.41. The summed E-state index contributed by atoms with van der Waals surface area (Å²) in [4.78, 5) is 10.9. The van der Waals surface area contributed by atoms with Crippen molar-refractivity contribution in [1.82, 2.24) is 0 Å². The van der Waals surface area contributed by atoms with Gasteiger partial charge in [-0.25, -0.2) is 4.79 Å². The topological polar surface area (TPSA) is 55.8 Å². The number of carboxylic acid groups (broad SMARTS) is 1. The summed E-state index contributed by atoms with van der Waals surface area (Å²) in [6, 6.07) is 6.43. The van der Waals surface area contributed by atoms with Gasteiger partial charge in [-0.1, -0.05) is 23.2 Å². The summed E-state index contributed by atoms with van der Waals surface area (Å²) in [6.45, 7) is 0.578. The summed E-state index contributed by atoms with van der Waals surface area (Å²) in [6.07, 6.45) is 0. The molecule has 0 unspecified atom stereocenters. The zero-order valence-corrected chi connectivity index (χ0v) is 12.5. The van der Waals surface area contributed by atoms with Gasteiger partial charge in [0.05, 0.1) is 5.02 Å². The summed E-state index contributed by atoms with van der Waals surface area (Å²) in [7, 11) is 0. The Bertz CT molecular complexity index is 612. The summed E-state index contributed by atoms with van der Waals surface area (Å²) < 4.78 is 10.8. The van der Waals surface area contributed by atoms with E-state index in [1.54, 1.807) is 23.6 Å². The van der Waals surface area contributed by atoms with Crippen molar-refractivity contribution in [3.63, 3.8) is 0 Å². The Labute approximate surface area is 129 Å². The Morgan fingerprint density at radius 2 is 1.95 bits per heavy atom. The summed E-state index contributed by atoms with van der Waals surface area (Å²) in [5.41, 5.74) is 0. The molecule has 0 bridgehead atoms. The van der Waals surface area contributed by atoms with Gasteiger partial charge in [0.1, 0.15) is 29.6 Å². The molecule has 0 aliphatic carbocycles. The number of ether oxygens (including phenoxy) is 2. The van der Waals surface area contributed by atoms with Crippen LogP contribution < -0.4 is 9.47 Å². The maximum absolute atomic E-state index is 10.7. The third-order valence-corrected chi connectivity index (χ3v) is 3.72. The number of aromatic carboxylic acids is 1. The van der Waals surface area contributed by atoms with Gasteiger partial charge in [-0.15, -0.1) is 11.3 Å². The minimum Gasteiger partial charge on any atom is -0.489 e. The minimum absolute atomic E-state index is 0.238. The minimum atomic E-state index is -0.964. The van der Waals surface area contributed by atoms with E-state index in [9.17, 15) is 4.79 Å². The Kier molecular flexibility index (Phi) is 5.11. The molecule has 2 aromatic rings. The molecule has 1 heterocycles. The lowest BCUT2D eigenvalue weighted by molar-refractivity contribution is 0.0702. The van der Waals surface area contributed by atoms with E-state index < -0.39 is 5.97 Å². The van der Waals surface area contributed by atoms with Crippen molar-refractivity contribution in [3.8, 4) is 11.5 Å². The van der Waals surface area contributed by atoms with Crippen molar-refractivity contribution in [1.29, 1.82) is 0 Å². The lowest BCUT2D eigenvalue weighted by atomic mass is 10.3. The highest BCUT2D eigenvalue weighted by molar-refractivity contribution is 7.12. The van der Waals surface area contributed by atoms with Crippen LogP contribution >= 0.6 is 34.5 Å². The third kappa shape index (κ3) is 4.03. The van der Waals surface area contributed by atoms with Crippen molar-refractivity contribution in [3.05, 3.63) is 44.6 Å². The molecule has 0 spiro atoms. The van der Waals surface area contributed by atoms with Crippen LogP contribution in [0.5, 0.6) is 11.5 Å². The number of hydrogen-bond acceptors (Lipinski definition) is 4. The molecule has 0 aliphatic rings. The second-order valence-corrected chi connectivity index (χ2v) is 5.48. The fourth-order valence-corrected chi connectivity index (χ4v) is 2.54. The lowest BCUT2D eigenvalue weighted by Crippen LogP contribution is -2.08. The first-order valence-corrected chi connectivity index (χ1v) is 7.22. The second kappa shape index (κ2) is 6.83. The third-order valence-electron chi connectivity index (χ3n) is 2.29. The van der Waals surface area contributed by atoms with E-state index in [0.717, 1.165) is 11.3 Å². The van der Waals surface area contributed by atoms with Crippen molar-refractivity contribution in [2.45, 2.75) is 0 Å². The summed E-state index contributed by atoms with van der Waals surface area (Å²) in [5, 5.41) is 11.4. The molecule has 106 valence electrons. The number of benzene rings is 1. The quantitative estimate of drug-likeness (QED) is 0.805. The fraction of sp³-hybridized carbons (Fsp3) is 0.154. The largest absolute Gasteiger partial charge is 0.489 e. The molecule has 0 atom stereocenters. The molecule has 0 radical (unpaired) electrons. The maximum Gasteiger partial charge on any atom is 0.346 e. The van der Waals surface area contributed by atoms with E-state index in [-0.39, 0.29) is 11.5 Å². The number of hydrogen-bond donors (Lipinski definition) is 1. The van der Waals surface area contributed by atoms with Gasteiger partial charge in [0.25, 0.3) is 0 Å². The normalized spacial score (nSPS) is 10.3. The monoisotopic (exact) mass is 332 g/mol. The molecular formula is C13H10Cl2O4S. The van der Waals surface area contributed by atoms with Gasteiger partial charge in [-0.05, 0) is 18.2 Å². The SMILES string of the molecule is O=C(O)c1cc(OCCOc2ccc(Cl)cc2Cl)cs1. The van der Waals surface area contributed by atoms with Crippen LogP contribution in [0.2, 0.25) is 10.0 Å². The average molecular weight is 333 g/mol. The van der Waals surface area contributed by atoms with Gasteiger partial charge in [0, 0.05) is 16.5 Å². The predicted molar refractivity (Wildman–Crippen MR) is 78.7 cm³/mol. The van der Waals surface area contributed by atoms with Crippen LogP contribution in [0.1, 0.15) is 9.67 Å². The summed E-state index contributed by atoms with van der Waals surface area (Å²) >= 11 is 12.8. The molecule has 0 saturated carbocycles. The van der Waals surface area contributed by atoms with E-state index in [1.165, 1.54) is 6.07 Å². The Hall–Kier alpha value is -1.43. The number of carbonyl (C=O) groups is 1. The Morgan fingerprint density at radius 3 is 2.60 bits per heavy atom. The van der Waals surface area contributed by atoms with Gasteiger partial charge in [-0.3, -0.25) is 0 Å². The zero-order valence-electron chi connectivity index (χ0n) is 10.1. The van der Waals surface area contributed by atoms with Crippen LogP contribution in [-0.4, -0.2) is 24.3 Å². The van der Waals surface area contributed by atoms with Crippen LogP contribution in [-0.2, 0) is 0 Å². The van der Waals surface area contributed by atoms with Crippen LogP contribution in [0.15, 0.2) is 29.6 Å². The van der Waals surface area contributed by atoms with E-state index in [1.807, 2.05) is 0 Å². The molecular weight excluding hydrogens is 323 g/mol. The molecule has 0 aliphatic heterocycles. The van der Waals surface area contributed by atoms with Crippen molar-refractivity contribution in [2.75, 3.05) is 13.2 Å².